The van der Waals surface area contributed by atoms with E-state index in [1.54, 1.807) is 24.3 Å². The smallest absolute Gasteiger partial charge is 0.123 e. The van der Waals surface area contributed by atoms with Crippen molar-refractivity contribution in [2.75, 3.05) is 0 Å². The highest BCUT2D eigenvalue weighted by atomic mass is 35.5. The zero-order valence-electron chi connectivity index (χ0n) is 20.2. The lowest BCUT2D eigenvalue weighted by atomic mass is 9.99. The Balaban J connectivity index is 1.18. The van der Waals surface area contributed by atoms with Crippen molar-refractivity contribution >= 4 is 11.6 Å². The molecule has 0 spiro atoms. The topological polar surface area (TPSA) is 25.8 Å². The minimum Gasteiger partial charge on any atom is -0.256 e. The molecular weight excluding hydrogens is 486 g/mol. The molecule has 5 rings (SSSR count). The van der Waals surface area contributed by atoms with E-state index >= 15 is 0 Å². The predicted octanol–water partition coefficient (Wildman–Crippen LogP) is 8.31. The molecule has 3 aromatic carbocycles. The van der Waals surface area contributed by atoms with Crippen molar-refractivity contribution in [2.45, 2.75) is 25.7 Å². The molecule has 5 aromatic rings. The van der Waals surface area contributed by atoms with E-state index in [0.29, 0.717) is 0 Å². The molecule has 2 heterocycles. The number of aromatic nitrogens is 2. The third-order valence-electron chi connectivity index (χ3n) is 6.35. The van der Waals surface area contributed by atoms with Crippen LogP contribution >= 0.6 is 11.6 Å². The summed E-state index contributed by atoms with van der Waals surface area (Å²) in [6.07, 6.45) is 7.19. The van der Waals surface area contributed by atoms with Crippen molar-refractivity contribution in [3.8, 4) is 22.5 Å². The average molecular weight is 511 g/mol. The summed E-state index contributed by atoms with van der Waals surface area (Å²) in [5.41, 5.74) is 8.10. The summed E-state index contributed by atoms with van der Waals surface area (Å²) in [7, 11) is 0. The molecule has 184 valence electrons. The lowest BCUT2D eigenvalue weighted by Crippen LogP contribution is -1.97. The lowest BCUT2D eigenvalue weighted by Gasteiger charge is -2.09. The summed E-state index contributed by atoms with van der Waals surface area (Å²) in [6.45, 7) is 0. The molecule has 0 N–H and O–H groups in total. The minimum atomic E-state index is -0.252. The van der Waals surface area contributed by atoms with Crippen molar-refractivity contribution < 1.29 is 8.78 Å². The Labute approximate surface area is 220 Å². The number of hydrogen-bond acceptors (Lipinski definition) is 2. The molecular formula is C32H25ClF2N2. The van der Waals surface area contributed by atoms with Crippen LogP contribution in [0.3, 0.4) is 0 Å². The molecule has 0 aliphatic rings. The number of rotatable bonds is 8. The normalized spacial score (nSPS) is 11.0. The largest absolute Gasteiger partial charge is 0.256 e. The quantitative estimate of drug-likeness (QED) is 0.210. The molecule has 0 atom stereocenters. The Hall–Kier alpha value is -3.89. The summed E-state index contributed by atoms with van der Waals surface area (Å²) in [4.78, 5) is 9.09. The molecule has 0 saturated heterocycles. The van der Waals surface area contributed by atoms with Gasteiger partial charge in [0, 0.05) is 28.5 Å². The fourth-order valence-electron chi connectivity index (χ4n) is 4.31. The van der Waals surface area contributed by atoms with E-state index in [0.717, 1.165) is 64.3 Å². The van der Waals surface area contributed by atoms with Crippen molar-refractivity contribution in [3.05, 3.63) is 142 Å². The number of aryl methyl sites for hydroxylation is 4. The zero-order chi connectivity index (χ0) is 25.6. The molecule has 0 aliphatic carbocycles. The lowest BCUT2D eigenvalue weighted by molar-refractivity contribution is 0.627. The number of hydrogen-bond donors (Lipinski definition) is 0. The summed E-state index contributed by atoms with van der Waals surface area (Å²) < 4.78 is 26.3. The van der Waals surface area contributed by atoms with Gasteiger partial charge in [0.15, 0.2) is 0 Å². The van der Waals surface area contributed by atoms with E-state index in [2.05, 4.69) is 28.2 Å². The van der Waals surface area contributed by atoms with E-state index in [1.165, 1.54) is 35.4 Å². The summed E-state index contributed by atoms with van der Waals surface area (Å²) >= 11 is 6.43. The molecule has 2 nitrogen and oxygen atoms in total. The monoisotopic (exact) mass is 510 g/mol. The summed E-state index contributed by atoms with van der Waals surface area (Å²) in [5.74, 6) is -0.504. The Bertz CT molecular complexity index is 1350. The number of pyridine rings is 2. The van der Waals surface area contributed by atoms with E-state index in [9.17, 15) is 8.78 Å². The van der Waals surface area contributed by atoms with Crippen molar-refractivity contribution in [1.82, 2.24) is 9.97 Å². The maximum atomic E-state index is 13.2. The van der Waals surface area contributed by atoms with Crippen molar-refractivity contribution in [2.24, 2.45) is 0 Å². The van der Waals surface area contributed by atoms with Gasteiger partial charge >= 0.3 is 0 Å². The van der Waals surface area contributed by atoms with Gasteiger partial charge in [-0.1, -0.05) is 29.8 Å². The second kappa shape index (κ2) is 11.4. The number of nitrogens with zero attached hydrogens (tertiary/aromatic N) is 2. The van der Waals surface area contributed by atoms with Gasteiger partial charge in [-0.3, -0.25) is 9.97 Å². The van der Waals surface area contributed by atoms with Crippen LogP contribution in [-0.2, 0) is 25.7 Å². The van der Waals surface area contributed by atoms with Crippen LogP contribution in [0.5, 0.6) is 0 Å². The highest BCUT2D eigenvalue weighted by Gasteiger charge is 2.06. The summed E-state index contributed by atoms with van der Waals surface area (Å²) in [6, 6.07) is 27.1. The minimum absolute atomic E-state index is 0.252. The average Bonchev–Trinajstić information content (AvgIpc) is 2.92. The van der Waals surface area contributed by atoms with E-state index in [4.69, 9.17) is 11.6 Å². The maximum Gasteiger partial charge on any atom is 0.123 e. The fourth-order valence-corrected chi connectivity index (χ4v) is 4.59. The summed E-state index contributed by atoms with van der Waals surface area (Å²) in [5, 5.41) is 0.738. The Kier molecular flexibility index (Phi) is 7.67. The second-order valence-electron chi connectivity index (χ2n) is 9.08. The first-order valence-corrected chi connectivity index (χ1v) is 12.6. The second-order valence-corrected chi connectivity index (χ2v) is 9.52. The SMILES string of the molecule is Fc1ccc(-c2ccc(CCc3cc(Cl)cc(CCc4ccc(-c5ccc(F)cc5)nc4)c3)cn2)cc1. The van der Waals surface area contributed by atoms with Crippen molar-refractivity contribution in [3.63, 3.8) is 0 Å². The van der Waals surface area contributed by atoms with Gasteiger partial charge in [-0.2, -0.15) is 0 Å². The van der Waals surface area contributed by atoms with Crippen LogP contribution in [0.1, 0.15) is 22.3 Å². The highest BCUT2D eigenvalue weighted by molar-refractivity contribution is 6.30. The van der Waals surface area contributed by atoms with Crippen LogP contribution in [-0.4, -0.2) is 9.97 Å². The Morgan fingerprint density at radius 3 is 1.27 bits per heavy atom. The first kappa shape index (κ1) is 24.8. The van der Waals surface area contributed by atoms with Crippen molar-refractivity contribution in [1.29, 1.82) is 0 Å². The number of halogens is 3. The molecule has 5 heteroatoms. The predicted molar refractivity (Wildman–Crippen MR) is 146 cm³/mol. The standard InChI is InChI=1S/C32H25ClF2N2/c33-28-18-24(3-1-22-5-15-31(36-20-22)26-7-11-29(34)12-8-26)17-25(19-28)4-2-23-6-16-32(37-21-23)27-9-13-30(35)14-10-27/h5-21H,1-4H2. The first-order valence-electron chi connectivity index (χ1n) is 12.2. The molecule has 37 heavy (non-hydrogen) atoms. The molecule has 0 unspecified atom stereocenters. The van der Waals surface area contributed by atoms with Gasteiger partial charge in [0.25, 0.3) is 0 Å². The number of benzene rings is 3. The van der Waals surface area contributed by atoms with E-state index < -0.39 is 0 Å². The molecule has 0 bridgehead atoms. The van der Waals surface area contributed by atoms with Gasteiger partial charge in [0.1, 0.15) is 11.6 Å². The molecule has 2 aromatic heterocycles. The molecule has 0 aliphatic heterocycles. The Morgan fingerprint density at radius 2 is 0.892 bits per heavy atom. The third-order valence-corrected chi connectivity index (χ3v) is 6.57. The van der Waals surface area contributed by atoms with Gasteiger partial charge in [0.2, 0.25) is 0 Å². The van der Waals surface area contributed by atoms with Crippen LogP contribution in [0.4, 0.5) is 8.78 Å². The third kappa shape index (κ3) is 6.66. The first-order chi connectivity index (χ1) is 18.0. The maximum absolute atomic E-state index is 13.2. The van der Waals surface area contributed by atoms with Gasteiger partial charge in [-0.05, 0) is 121 Å². The van der Waals surface area contributed by atoms with Crippen LogP contribution in [0.2, 0.25) is 5.02 Å². The fraction of sp³-hybridized carbons (Fsp3) is 0.125. The zero-order valence-corrected chi connectivity index (χ0v) is 20.9. The van der Waals surface area contributed by atoms with Crippen LogP contribution < -0.4 is 0 Å². The van der Waals surface area contributed by atoms with Crippen LogP contribution in [0.25, 0.3) is 22.5 Å². The van der Waals surface area contributed by atoms with Gasteiger partial charge < -0.3 is 0 Å². The van der Waals surface area contributed by atoms with Gasteiger partial charge in [-0.25, -0.2) is 8.78 Å². The van der Waals surface area contributed by atoms with Gasteiger partial charge in [-0.15, -0.1) is 0 Å². The molecule has 0 saturated carbocycles. The molecule has 0 fully saturated rings. The highest BCUT2D eigenvalue weighted by Crippen LogP contribution is 2.22. The molecule has 0 amide bonds. The van der Waals surface area contributed by atoms with Gasteiger partial charge in [0.05, 0.1) is 11.4 Å². The van der Waals surface area contributed by atoms with E-state index in [-0.39, 0.29) is 11.6 Å². The Morgan fingerprint density at radius 1 is 0.486 bits per heavy atom. The molecule has 0 radical (unpaired) electrons. The van der Waals surface area contributed by atoms with Crippen LogP contribution in [0, 0.1) is 11.6 Å². The van der Waals surface area contributed by atoms with E-state index in [1.807, 2.05) is 36.7 Å². The van der Waals surface area contributed by atoms with Crippen LogP contribution in [0.15, 0.2) is 103 Å².